The molecule has 4 aromatic rings. The fourth-order valence-electron chi connectivity index (χ4n) is 3.77. The molecule has 0 spiro atoms. The zero-order valence-corrected chi connectivity index (χ0v) is 25.5. The zero-order valence-electron chi connectivity index (χ0n) is 24.7. The third-order valence-corrected chi connectivity index (χ3v) is 6.14. The van der Waals surface area contributed by atoms with Crippen LogP contribution >= 0.6 is 11.6 Å². The molecule has 10 nitrogen and oxygen atoms in total. The van der Waals surface area contributed by atoms with Crippen LogP contribution in [0, 0.1) is 11.8 Å². The second-order valence-corrected chi connectivity index (χ2v) is 10.8. The molecule has 1 amide bonds. The molecule has 2 aromatic heterocycles. The first-order chi connectivity index (χ1) is 20.6. The topological polar surface area (TPSA) is 111 Å². The summed E-state index contributed by atoms with van der Waals surface area (Å²) in [6.07, 6.45) is 4.52. The van der Waals surface area contributed by atoms with Gasteiger partial charge in [0, 0.05) is 41.6 Å². The van der Waals surface area contributed by atoms with Crippen molar-refractivity contribution in [3.8, 4) is 17.6 Å². The standard InChI is InChI=1S/C32H33ClN6O4/c1-6-8-27(38-42-16-15-39(5)31(40)43-32(2,3)4)23-10-12-28-25(17-23)30(36-21-35-28)37-24-11-13-29(26(33)18-24)41-20-22-9-7-14-34-19-22/h7,9-14,17-19,21H,15-16,20H2,1-5H3,(H,35,36,37). The molecule has 2 heterocycles. The molecule has 0 aliphatic rings. The van der Waals surface area contributed by atoms with Gasteiger partial charge in [0.05, 0.1) is 17.1 Å². The summed E-state index contributed by atoms with van der Waals surface area (Å²) in [5.41, 5.74) is 2.97. The molecule has 0 atom stereocenters. The zero-order chi connectivity index (χ0) is 30.8. The molecule has 0 fully saturated rings. The van der Waals surface area contributed by atoms with Crippen molar-refractivity contribution in [3.63, 3.8) is 0 Å². The smallest absolute Gasteiger partial charge is 0.410 e. The van der Waals surface area contributed by atoms with Crippen molar-refractivity contribution >= 4 is 45.8 Å². The summed E-state index contributed by atoms with van der Waals surface area (Å²) in [5.74, 6) is 6.99. The van der Waals surface area contributed by atoms with E-state index in [1.807, 2.05) is 57.2 Å². The normalized spacial score (nSPS) is 11.3. The van der Waals surface area contributed by atoms with E-state index in [9.17, 15) is 4.79 Å². The van der Waals surface area contributed by atoms with Crippen molar-refractivity contribution in [2.45, 2.75) is 39.9 Å². The van der Waals surface area contributed by atoms with E-state index in [0.29, 0.717) is 35.5 Å². The number of hydrogen-bond acceptors (Lipinski definition) is 9. The number of amides is 1. The van der Waals surface area contributed by atoms with E-state index in [-0.39, 0.29) is 6.61 Å². The number of anilines is 2. The van der Waals surface area contributed by atoms with Crippen LogP contribution in [-0.4, -0.2) is 57.5 Å². The Morgan fingerprint density at radius 1 is 1.14 bits per heavy atom. The summed E-state index contributed by atoms with van der Waals surface area (Å²) >= 11 is 6.52. The number of halogens is 1. The van der Waals surface area contributed by atoms with Crippen LogP contribution in [0.25, 0.3) is 10.9 Å². The van der Waals surface area contributed by atoms with E-state index in [0.717, 1.165) is 27.7 Å². The molecule has 43 heavy (non-hydrogen) atoms. The van der Waals surface area contributed by atoms with Crippen molar-refractivity contribution in [2.75, 3.05) is 25.5 Å². The lowest BCUT2D eigenvalue weighted by Gasteiger charge is -2.24. The van der Waals surface area contributed by atoms with Gasteiger partial charge in [-0.1, -0.05) is 28.7 Å². The number of hydrogen-bond donors (Lipinski definition) is 1. The molecule has 222 valence electrons. The minimum absolute atomic E-state index is 0.164. The van der Waals surface area contributed by atoms with Gasteiger partial charge >= 0.3 is 6.09 Å². The van der Waals surface area contributed by atoms with Crippen LogP contribution in [0.15, 0.2) is 72.4 Å². The first-order valence-corrected chi connectivity index (χ1v) is 13.9. The Bertz CT molecular complexity index is 1660. The van der Waals surface area contributed by atoms with Gasteiger partial charge in [0.2, 0.25) is 0 Å². The number of nitrogens with one attached hydrogen (secondary N) is 1. The van der Waals surface area contributed by atoms with Crippen LogP contribution in [0.3, 0.4) is 0 Å². The minimum Gasteiger partial charge on any atom is -0.487 e. The summed E-state index contributed by atoms with van der Waals surface area (Å²) < 4.78 is 11.2. The Kier molecular flexibility index (Phi) is 10.4. The molecule has 0 aliphatic heterocycles. The van der Waals surface area contributed by atoms with Crippen LogP contribution in [0.2, 0.25) is 5.02 Å². The fourth-order valence-corrected chi connectivity index (χ4v) is 4.00. The Balaban J connectivity index is 1.47. The largest absolute Gasteiger partial charge is 0.487 e. The van der Waals surface area contributed by atoms with E-state index in [2.05, 4.69) is 37.3 Å². The first kappa shape index (κ1) is 31.1. The van der Waals surface area contributed by atoms with Crippen molar-refractivity contribution in [1.29, 1.82) is 0 Å². The summed E-state index contributed by atoms with van der Waals surface area (Å²) in [7, 11) is 1.64. The molecule has 0 saturated heterocycles. The van der Waals surface area contributed by atoms with Gasteiger partial charge in [-0.2, -0.15) is 0 Å². The van der Waals surface area contributed by atoms with Crippen LogP contribution in [0.4, 0.5) is 16.3 Å². The monoisotopic (exact) mass is 600 g/mol. The molecule has 1 N–H and O–H groups in total. The van der Waals surface area contributed by atoms with Crippen LogP contribution in [-0.2, 0) is 16.2 Å². The van der Waals surface area contributed by atoms with Crippen molar-refractivity contribution in [1.82, 2.24) is 19.9 Å². The molecule has 0 aliphatic carbocycles. The van der Waals surface area contributed by atoms with Gasteiger partial charge in [-0.3, -0.25) is 4.98 Å². The maximum atomic E-state index is 12.2. The van der Waals surface area contributed by atoms with Crippen molar-refractivity contribution < 1.29 is 19.1 Å². The van der Waals surface area contributed by atoms with Gasteiger partial charge in [0.15, 0.2) is 5.71 Å². The minimum atomic E-state index is -0.577. The molecule has 0 radical (unpaired) electrons. The lowest BCUT2D eigenvalue weighted by atomic mass is 10.1. The summed E-state index contributed by atoms with van der Waals surface area (Å²) in [6, 6.07) is 14.8. The van der Waals surface area contributed by atoms with Crippen molar-refractivity contribution in [2.24, 2.45) is 5.16 Å². The number of likely N-dealkylation sites (N-methyl/N-ethyl adjacent to an activating group) is 1. The average Bonchev–Trinajstić information content (AvgIpc) is 2.98. The lowest BCUT2D eigenvalue weighted by Crippen LogP contribution is -2.35. The van der Waals surface area contributed by atoms with Crippen LogP contribution < -0.4 is 10.1 Å². The maximum absolute atomic E-state index is 12.2. The maximum Gasteiger partial charge on any atom is 0.410 e. The predicted octanol–water partition coefficient (Wildman–Crippen LogP) is 6.61. The van der Waals surface area contributed by atoms with Gasteiger partial charge in [-0.05, 0) is 76.1 Å². The van der Waals surface area contributed by atoms with E-state index < -0.39 is 11.7 Å². The number of aromatic nitrogens is 3. The molecule has 0 saturated carbocycles. The predicted molar refractivity (Wildman–Crippen MR) is 168 cm³/mol. The number of rotatable bonds is 10. The quantitative estimate of drug-likeness (QED) is 0.0936. The van der Waals surface area contributed by atoms with E-state index in [4.69, 9.17) is 25.9 Å². The fraction of sp³-hybridized carbons (Fsp3) is 0.281. The molecule has 0 unspecified atom stereocenters. The number of oxime groups is 1. The Labute approximate surface area is 256 Å². The molecule has 4 rings (SSSR count). The highest BCUT2D eigenvalue weighted by Crippen LogP contribution is 2.31. The number of ether oxygens (including phenoxy) is 2. The second-order valence-electron chi connectivity index (χ2n) is 10.4. The van der Waals surface area contributed by atoms with Gasteiger partial charge in [-0.25, -0.2) is 14.8 Å². The van der Waals surface area contributed by atoms with Crippen molar-refractivity contribution in [3.05, 3.63) is 83.4 Å². The summed E-state index contributed by atoms with van der Waals surface area (Å²) in [6.45, 7) is 7.98. The Morgan fingerprint density at radius 3 is 2.70 bits per heavy atom. The number of carbonyl (C=O) groups is 1. The number of benzene rings is 2. The molecule has 2 aromatic carbocycles. The highest BCUT2D eigenvalue weighted by Gasteiger charge is 2.19. The first-order valence-electron chi connectivity index (χ1n) is 13.5. The second kappa shape index (κ2) is 14.3. The van der Waals surface area contributed by atoms with Gasteiger partial charge < -0.3 is 24.5 Å². The van der Waals surface area contributed by atoms with Gasteiger partial charge in [0.1, 0.15) is 36.7 Å². The van der Waals surface area contributed by atoms with E-state index in [1.54, 1.807) is 38.5 Å². The van der Waals surface area contributed by atoms with Crippen LogP contribution in [0.1, 0.15) is 38.8 Å². The number of pyridine rings is 1. The SMILES string of the molecule is CC#CC(=NOCCN(C)C(=O)OC(C)(C)C)c1ccc2ncnc(Nc3ccc(OCc4cccnc4)c(Cl)c3)c2c1. The van der Waals surface area contributed by atoms with Crippen LogP contribution in [0.5, 0.6) is 5.75 Å². The van der Waals surface area contributed by atoms with Gasteiger partial charge in [0.25, 0.3) is 0 Å². The average molecular weight is 601 g/mol. The van der Waals surface area contributed by atoms with Gasteiger partial charge in [-0.15, -0.1) is 0 Å². The third-order valence-electron chi connectivity index (χ3n) is 5.84. The van der Waals surface area contributed by atoms with E-state index >= 15 is 0 Å². The molecular formula is C32H33ClN6O4. The Morgan fingerprint density at radius 2 is 1.98 bits per heavy atom. The Hall–Kier alpha value is -4.88. The number of carbonyl (C=O) groups excluding carboxylic acids is 1. The third kappa shape index (κ3) is 9.05. The molecule has 0 bridgehead atoms. The lowest BCUT2D eigenvalue weighted by molar-refractivity contribution is 0.0236. The molecule has 11 heteroatoms. The summed E-state index contributed by atoms with van der Waals surface area (Å²) in [5, 5.41) is 8.77. The number of nitrogens with zero attached hydrogens (tertiary/aromatic N) is 5. The van der Waals surface area contributed by atoms with E-state index in [1.165, 1.54) is 11.2 Å². The highest BCUT2D eigenvalue weighted by molar-refractivity contribution is 6.32. The molecular weight excluding hydrogens is 568 g/mol. The number of fused-ring (bicyclic) bond motifs is 1. The highest BCUT2D eigenvalue weighted by atomic mass is 35.5. The summed E-state index contributed by atoms with van der Waals surface area (Å²) in [4.78, 5) is 32.1.